The number of benzene rings is 6. The molecule has 10 rings (SSSR count). The second kappa shape index (κ2) is 26.0. The Morgan fingerprint density at radius 2 is 1.15 bits per heavy atom. The Kier molecular flexibility index (Phi) is 19.8. The first-order valence-electron chi connectivity index (χ1n) is 24.8. The number of carboxylic acid groups (broad SMARTS) is 1. The van der Waals surface area contributed by atoms with Crippen LogP contribution in [0.3, 0.4) is 0 Å². The maximum atomic E-state index is 14.2. The van der Waals surface area contributed by atoms with Crippen LogP contribution in [0, 0.1) is 37.1 Å². The number of nitrogens with one attached hydrogen (secondary N) is 1. The highest BCUT2D eigenvalue weighted by Gasteiger charge is 2.29. The van der Waals surface area contributed by atoms with Crippen molar-refractivity contribution in [2.24, 2.45) is 0 Å². The molecule has 0 saturated carbocycles. The molecule has 6 aromatic carbocycles. The van der Waals surface area contributed by atoms with Crippen LogP contribution in [0.1, 0.15) is 130 Å². The van der Waals surface area contributed by atoms with Gasteiger partial charge in [0, 0.05) is 44.6 Å². The van der Waals surface area contributed by atoms with E-state index in [0.29, 0.717) is 25.9 Å². The fourth-order valence-corrected chi connectivity index (χ4v) is 10.2. The first kappa shape index (κ1) is 59.4. The Morgan fingerprint density at radius 3 is 1.63 bits per heavy atom. The summed E-state index contributed by atoms with van der Waals surface area (Å²) in [6.07, 6.45) is 1.75. The number of hydrogen-bond acceptors (Lipinski definition) is 10. The minimum Gasteiger partial charge on any atom is -0.481 e. The van der Waals surface area contributed by atoms with E-state index in [4.69, 9.17) is 16.3 Å². The van der Waals surface area contributed by atoms with E-state index in [1.807, 2.05) is 48.9 Å². The zero-order valence-corrected chi connectivity index (χ0v) is 43.2. The molecule has 0 fully saturated rings. The van der Waals surface area contributed by atoms with E-state index in [-0.39, 0.29) is 39.7 Å². The zero-order chi connectivity index (χ0) is 54.4. The van der Waals surface area contributed by atoms with Crippen LogP contribution in [0.2, 0.25) is 0 Å². The number of aliphatic carboxylic acids is 1. The molecule has 2 aliphatic rings. The summed E-state index contributed by atoms with van der Waals surface area (Å²) in [5, 5.41) is 29.2. The van der Waals surface area contributed by atoms with E-state index >= 15 is 0 Å². The van der Waals surface area contributed by atoms with E-state index < -0.39 is 57.4 Å². The molecule has 14 nitrogen and oxygen atoms in total. The topological polar surface area (TPSA) is 174 Å². The molecular weight excluding hydrogens is 1030 g/mol. The highest BCUT2D eigenvalue weighted by Crippen LogP contribution is 2.37. The quantitative estimate of drug-likeness (QED) is 0.0677. The molecule has 2 aromatic heterocycles. The Balaban J connectivity index is 0.000000212. The van der Waals surface area contributed by atoms with Gasteiger partial charge in [0.2, 0.25) is 0 Å². The molecule has 2 unspecified atom stereocenters. The minimum absolute atomic E-state index is 0. The second-order valence-electron chi connectivity index (χ2n) is 18.5. The Labute approximate surface area is 455 Å². The maximum Gasteiger partial charge on any atom is 0.306 e. The van der Waals surface area contributed by atoms with E-state index in [2.05, 4.69) is 70.1 Å². The summed E-state index contributed by atoms with van der Waals surface area (Å²) in [4.78, 5) is 48.9. The van der Waals surface area contributed by atoms with Crippen molar-refractivity contribution in [3.8, 4) is 0 Å². The van der Waals surface area contributed by atoms with Gasteiger partial charge in [0.05, 0.1) is 31.0 Å². The Morgan fingerprint density at radius 1 is 0.667 bits per heavy atom. The van der Waals surface area contributed by atoms with Gasteiger partial charge in [0.15, 0.2) is 0 Å². The fourth-order valence-electron chi connectivity index (χ4n) is 10.1. The second-order valence-corrected chi connectivity index (χ2v) is 18.9. The highest BCUT2D eigenvalue weighted by molar-refractivity contribution is 6.67. The van der Waals surface area contributed by atoms with Crippen LogP contribution in [0.25, 0.3) is 22.1 Å². The third-order valence-corrected chi connectivity index (χ3v) is 14.3. The summed E-state index contributed by atoms with van der Waals surface area (Å²) in [7, 11) is 1.44. The number of hydrogen-bond donors (Lipinski definition) is 2. The lowest BCUT2D eigenvalue weighted by atomic mass is 9.83. The summed E-state index contributed by atoms with van der Waals surface area (Å²) >= 11 is 4.89. The molecule has 0 spiro atoms. The predicted molar refractivity (Wildman–Crippen MR) is 292 cm³/mol. The first-order valence-corrected chi connectivity index (χ1v) is 25.2. The Bertz CT molecular complexity index is 3470. The third-order valence-electron chi connectivity index (χ3n) is 14.1. The molecule has 0 aliphatic carbocycles. The van der Waals surface area contributed by atoms with E-state index in [9.17, 15) is 41.8 Å². The summed E-state index contributed by atoms with van der Waals surface area (Å²) in [5.41, 5.74) is 12.6. The number of amides is 1. The Hall–Kier alpha value is -7.83. The van der Waals surface area contributed by atoms with Crippen molar-refractivity contribution in [1.29, 1.82) is 0 Å². The van der Waals surface area contributed by atoms with E-state index in [1.54, 1.807) is 4.68 Å². The van der Waals surface area contributed by atoms with Gasteiger partial charge >= 0.3 is 11.9 Å². The van der Waals surface area contributed by atoms with E-state index in [1.165, 1.54) is 29.2 Å². The standard InChI is InChI=1S/C28H26F2N4O3.C22H26N4O2.C7H3ClF2O.2CH4/c1-3-34-24-10-9-20(16(2)27(24)31-32-34)21(14-25(35)36)18-8-7-17-11-12-33(15-19(17)13-18)28(37)26-22(29)5-4-6-23(26)30;1-4-26-20-8-7-18(14(2)22(20)24-25-26)19(12-21(27)28-3)16-6-5-15-9-10-23-13-17(15)11-16;8-7(11)6-4(9)2-1-3-5(6)10;;/h4-10,13,21H,3,11-12,14-15H2,1-2H3,(H,35,36);5-8,11,19,23H,4,9-10,12-13H2,1-3H3;1-3H;2*1H4. The van der Waals surface area contributed by atoms with Crippen molar-refractivity contribution in [1.82, 2.24) is 40.2 Å². The number of aryl methyl sites for hydroxylation is 4. The van der Waals surface area contributed by atoms with Gasteiger partial charge in [-0.1, -0.05) is 85.9 Å². The molecule has 1 amide bonds. The summed E-state index contributed by atoms with van der Waals surface area (Å²) in [6.45, 7) is 11.9. The molecule has 410 valence electrons. The number of carbonyl (C=O) groups excluding carboxylic acids is 3. The average Bonchev–Trinajstić information content (AvgIpc) is 4.20. The number of fused-ring (bicyclic) bond motifs is 4. The van der Waals surface area contributed by atoms with Crippen LogP contribution in [-0.4, -0.2) is 83.3 Å². The normalized spacial score (nSPS) is 13.3. The number of ether oxygens (including phenoxy) is 1. The summed E-state index contributed by atoms with van der Waals surface area (Å²) in [6, 6.07) is 26.9. The van der Waals surface area contributed by atoms with Crippen LogP contribution in [0.5, 0.6) is 0 Å². The lowest BCUT2D eigenvalue weighted by Crippen LogP contribution is -2.37. The molecule has 2 aliphatic heterocycles. The minimum atomic E-state index is -1.12. The molecular formula is C59H63ClF4N8O6. The van der Waals surface area contributed by atoms with Crippen LogP contribution in [-0.2, 0) is 53.3 Å². The van der Waals surface area contributed by atoms with Crippen molar-refractivity contribution >= 4 is 56.8 Å². The van der Waals surface area contributed by atoms with Crippen LogP contribution >= 0.6 is 11.6 Å². The SMILES string of the molecule is C.C.CCn1nnc2c(C)c(C(CC(=O)O)c3ccc4c(c3)CN(C(=O)c3c(F)cccc3F)CC4)ccc21.CCn1nnc2c(C)c(C(CC(=O)OC)c3ccc4c(c3)CNCC4)ccc21.O=C(Cl)c1c(F)cccc1F. The van der Waals surface area contributed by atoms with Gasteiger partial charge in [-0.05, 0) is 151 Å². The zero-order valence-electron chi connectivity index (χ0n) is 42.5. The lowest BCUT2D eigenvalue weighted by molar-refractivity contribution is -0.141. The third kappa shape index (κ3) is 12.6. The van der Waals surface area contributed by atoms with Gasteiger partial charge < -0.3 is 20.1 Å². The van der Waals surface area contributed by atoms with Gasteiger partial charge in [0.1, 0.15) is 45.4 Å². The van der Waals surface area contributed by atoms with Crippen LogP contribution in [0.4, 0.5) is 17.6 Å². The molecule has 4 heterocycles. The van der Waals surface area contributed by atoms with Crippen molar-refractivity contribution in [3.05, 3.63) is 187 Å². The van der Waals surface area contributed by atoms with Gasteiger partial charge in [-0.15, -0.1) is 10.2 Å². The van der Waals surface area contributed by atoms with E-state index in [0.717, 1.165) is 123 Å². The number of aromatic nitrogens is 6. The van der Waals surface area contributed by atoms with Gasteiger partial charge in [-0.25, -0.2) is 26.9 Å². The molecule has 2 atom stereocenters. The van der Waals surface area contributed by atoms with Crippen molar-refractivity contribution < 1.29 is 46.6 Å². The molecule has 8 aromatic rings. The number of carbonyl (C=O) groups is 4. The van der Waals surface area contributed by atoms with Crippen LogP contribution in [0.15, 0.2) is 97.1 Å². The fraction of sp³-hybridized carbons (Fsp3) is 0.322. The molecule has 19 heteroatoms. The highest BCUT2D eigenvalue weighted by atomic mass is 35.5. The molecule has 2 N–H and O–H groups in total. The lowest BCUT2D eigenvalue weighted by Gasteiger charge is -2.30. The van der Waals surface area contributed by atoms with Crippen LogP contribution < -0.4 is 5.32 Å². The van der Waals surface area contributed by atoms with Gasteiger partial charge in [-0.3, -0.25) is 19.2 Å². The maximum absolute atomic E-state index is 14.2. The van der Waals surface area contributed by atoms with Gasteiger partial charge in [-0.2, -0.15) is 0 Å². The predicted octanol–water partition coefficient (Wildman–Crippen LogP) is 11.6. The number of carboxylic acids is 1. The summed E-state index contributed by atoms with van der Waals surface area (Å²) < 4.78 is 62.3. The molecule has 0 saturated heterocycles. The molecule has 78 heavy (non-hydrogen) atoms. The monoisotopic (exact) mass is 1090 g/mol. The van der Waals surface area contributed by atoms with Gasteiger partial charge in [0.25, 0.3) is 11.1 Å². The number of nitrogens with zero attached hydrogens (tertiary/aromatic N) is 7. The van der Waals surface area contributed by atoms with Crippen molar-refractivity contribution in [3.63, 3.8) is 0 Å². The number of esters is 1. The first-order chi connectivity index (χ1) is 36.5. The van der Waals surface area contributed by atoms with Crippen molar-refractivity contribution in [2.75, 3.05) is 20.2 Å². The molecule has 0 bridgehead atoms. The number of rotatable bonds is 12. The summed E-state index contributed by atoms with van der Waals surface area (Å²) in [5.74, 6) is -6.04. The number of methoxy groups -OCH3 is 1. The number of halogens is 5. The smallest absolute Gasteiger partial charge is 0.306 e. The van der Waals surface area contributed by atoms with Crippen molar-refractivity contribution in [2.45, 2.75) is 106 Å². The largest absolute Gasteiger partial charge is 0.481 e. The molecule has 0 radical (unpaired) electrons. The average molecular weight is 1090 g/mol.